The molecule has 23 heavy (non-hydrogen) atoms. The van der Waals surface area contributed by atoms with E-state index in [1.807, 2.05) is 42.9 Å². The molecule has 0 aromatic carbocycles. The van der Waals surface area contributed by atoms with Gasteiger partial charge in [0.1, 0.15) is 0 Å². The van der Waals surface area contributed by atoms with E-state index in [9.17, 15) is 0 Å². The van der Waals surface area contributed by atoms with Gasteiger partial charge < -0.3 is 14.2 Å². The standard InChI is InChI=1S/C16H19N7/c1-12-11-13(2)20-16(19-12)23-9-7-22(8-10-23)15-14-17-3-5-21(14)6-4-18-15/h3-6,11H,7-10H2,1-2H3. The highest BCUT2D eigenvalue weighted by atomic mass is 15.3. The molecule has 0 amide bonds. The Labute approximate surface area is 134 Å². The minimum absolute atomic E-state index is 0.828. The highest BCUT2D eigenvalue weighted by molar-refractivity contribution is 5.64. The van der Waals surface area contributed by atoms with Crippen LogP contribution in [0, 0.1) is 13.8 Å². The zero-order valence-corrected chi connectivity index (χ0v) is 13.3. The summed E-state index contributed by atoms with van der Waals surface area (Å²) >= 11 is 0. The number of aromatic nitrogens is 5. The number of anilines is 2. The van der Waals surface area contributed by atoms with Crippen molar-refractivity contribution in [1.82, 2.24) is 24.3 Å². The van der Waals surface area contributed by atoms with Crippen molar-refractivity contribution in [3.05, 3.63) is 42.2 Å². The average Bonchev–Trinajstić information content (AvgIpc) is 3.02. The molecule has 4 heterocycles. The van der Waals surface area contributed by atoms with E-state index in [-0.39, 0.29) is 0 Å². The number of fused-ring (bicyclic) bond motifs is 1. The first-order valence-corrected chi connectivity index (χ1v) is 7.80. The fourth-order valence-corrected chi connectivity index (χ4v) is 3.03. The van der Waals surface area contributed by atoms with E-state index < -0.39 is 0 Å². The van der Waals surface area contributed by atoms with Crippen LogP contribution in [0.4, 0.5) is 11.8 Å². The number of aryl methyl sites for hydroxylation is 2. The van der Waals surface area contributed by atoms with E-state index >= 15 is 0 Å². The monoisotopic (exact) mass is 309 g/mol. The number of hydrogen-bond acceptors (Lipinski definition) is 6. The fraction of sp³-hybridized carbons (Fsp3) is 0.375. The zero-order chi connectivity index (χ0) is 15.8. The Kier molecular flexibility index (Phi) is 3.33. The smallest absolute Gasteiger partial charge is 0.225 e. The van der Waals surface area contributed by atoms with Crippen molar-refractivity contribution in [2.24, 2.45) is 0 Å². The lowest BCUT2D eigenvalue weighted by Crippen LogP contribution is -2.47. The summed E-state index contributed by atoms with van der Waals surface area (Å²) in [6.07, 6.45) is 7.50. The van der Waals surface area contributed by atoms with Crippen LogP contribution in [0.15, 0.2) is 30.9 Å². The lowest BCUT2D eigenvalue weighted by atomic mass is 10.3. The Morgan fingerprint density at radius 3 is 2.13 bits per heavy atom. The van der Waals surface area contributed by atoms with E-state index in [0.29, 0.717) is 0 Å². The molecular weight excluding hydrogens is 290 g/mol. The molecule has 0 atom stereocenters. The third-order valence-electron chi connectivity index (χ3n) is 4.13. The molecule has 0 N–H and O–H groups in total. The predicted octanol–water partition coefficient (Wildman–Crippen LogP) is 1.46. The summed E-state index contributed by atoms with van der Waals surface area (Å²) in [7, 11) is 0. The first-order valence-electron chi connectivity index (χ1n) is 7.80. The first-order chi connectivity index (χ1) is 11.2. The van der Waals surface area contributed by atoms with Crippen molar-refractivity contribution in [2.45, 2.75) is 13.8 Å². The minimum Gasteiger partial charge on any atom is -0.350 e. The Balaban J connectivity index is 1.54. The van der Waals surface area contributed by atoms with E-state index in [1.165, 1.54) is 0 Å². The van der Waals surface area contributed by atoms with Gasteiger partial charge in [-0.1, -0.05) is 0 Å². The van der Waals surface area contributed by atoms with Crippen molar-refractivity contribution < 1.29 is 0 Å². The van der Waals surface area contributed by atoms with Crippen molar-refractivity contribution in [2.75, 3.05) is 36.0 Å². The van der Waals surface area contributed by atoms with Crippen molar-refractivity contribution >= 4 is 17.4 Å². The van der Waals surface area contributed by atoms with Gasteiger partial charge in [0, 0.05) is 62.4 Å². The highest BCUT2D eigenvalue weighted by Crippen LogP contribution is 2.20. The third kappa shape index (κ3) is 2.58. The maximum Gasteiger partial charge on any atom is 0.225 e. The van der Waals surface area contributed by atoms with E-state index in [0.717, 1.165) is 55.0 Å². The molecule has 0 saturated carbocycles. The fourth-order valence-electron chi connectivity index (χ4n) is 3.03. The largest absolute Gasteiger partial charge is 0.350 e. The molecule has 3 aromatic heterocycles. The van der Waals surface area contributed by atoms with E-state index in [2.05, 4.69) is 29.7 Å². The van der Waals surface area contributed by atoms with Gasteiger partial charge in [-0.2, -0.15) is 0 Å². The van der Waals surface area contributed by atoms with Gasteiger partial charge in [0.15, 0.2) is 11.5 Å². The molecule has 0 spiro atoms. The van der Waals surface area contributed by atoms with Crippen LogP contribution in [0.3, 0.4) is 0 Å². The van der Waals surface area contributed by atoms with Crippen LogP contribution in [0.25, 0.3) is 5.65 Å². The summed E-state index contributed by atoms with van der Waals surface area (Å²) in [5, 5.41) is 0. The van der Waals surface area contributed by atoms with Crippen LogP contribution in [-0.2, 0) is 0 Å². The first kappa shape index (κ1) is 13.9. The number of imidazole rings is 1. The number of piperazine rings is 1. The second-order valence-electron chi connectivity index (χ2n) is 5.83. The lowest BCUT2D eigenvalue weighted by molar-refractivity contribution is 0.633. The van der Waals surface area contributed by atoms with Crippen LogP contribution >= 0.6 is 0 Å². The predicted molar refractivity (Wildman–Crippen MR) is 88.9 cm³/mol. The van der Waals surface area contributed by atoms with Crippen LogP contribution in [-0.4, -0.2) is 50.5 Å². The third-order valence-corrected chi connectivity index (χ3v) is 4.13. The Bertz CT molecular complexity index is 813. The molecule has 1 saturated heterocycles. The Morgan fingerprint density at radius 1 is 0.826 bits per heavy atom. The normalized spacial score (nSPS) is 15.4. The number of hydrogen-bond donors (Lipinski definition) is 0. The van der Waals surface area contributed by atoms with Gasteiger partial charge in [-0.15, -0.1) is 0 Å². The van der Waals surface area contributed by atoms with E-state index in [1.54, 1.807) is 6.20 Å². The summed E-state index contributed by atoms with van der Waals surface area (Å²) in [5.41, 5.74) is 2.93. The Hall–Kier alpha value is -2.70. The van der Waals surface area contributed by atoms with Gasteiger partial charge in [0.05, 0.1) is 0 Å². The van der Waals surface area contributed by atoms with Gasteiger partial charge in [0.25, 0.3) is 0 Å². The van der Waals surface area contributed by atoms with Crippen LogP contribution < -0.4 is 9.80 Å². The molecule has 1 aliphatic heterocycles. The summed E-state index contributed by atoms with van der Waals surface area (Å²) in [6.45, 7) is 7.55. The van der Waals surface area contributed by atoms with Gasteiger partial charge >= 0.3 is 0 Å². The van der Waals surface area contributed by atoms with Crippen molar-refractivity contribution in [3.8, 4) is 0 Å². The molecule has 0 aliphatic carbocycles. The molecule has 7 heteroatoms. The van der Waals surface area contributed by atoms with E-state index in [4.69, 9.17) is 0 Å². The highest BCUT2D eigenvalue weighted by Gasteiger charge is 2.22. The topological polar surface area (TPSA) is 62.5 Å². The maximum atomic E-state index is 4.56. The molecule has 1 fully saturated rings. The second-order valence-corrected chi connectivity index (χ2v) is 5.83. The molecular formula is C16H19N7. The zero-order valence-electron chi connectivity index (χ0n) is 13.3. The van der Waals surface area contributed by atoms with Gasteiger partial charge in [0.2, 0.25) is 5.95 Å². The quantitative estimate of drug-likeness (QED) is 0.714. The summed E-state index contributed by atoms with van der Waals surface area (Å²) in [4.78, 5) is 22.6. The molecule has 7 nitrogen and oxygen atoms in total. The number of nitrogens with zero attached hydrogens (tertiary/aromatic N) is 7. The van der Waals surface area contributed by atoms with Gasteiger partial charge in [-0.05, 0) is 19.9 Å². The van der Waals surface area contributed by atoms with Crippen LogP contribution in [0.2, 0.25) is 0 Å². The number of rotatable bonds is 2. The van der Waals surface area contributed by atoms with Crippen LogP contribution in [0.5, 0.6) is 0 Å². The lowest BCUT2D eigenvalue weighted by Gasteiger charge is -2.35. The van der Waals surface area contributed by atoms with Gasteiger partial charge in [-0.25, -0.2) is 19.9 Å². The van der Waals surface area contributed by atoms with Crippen molar-refractivity contribution in [3.63, 3.8) is 0 Å². The molecule has 3 aromatic rings. The maximum absolute atomic E-state index is 4.56. The SMILES string of the molecule is Cc1cc(C)nc(N2CCN(c3nccn4ccnc34)CC2)n1. The molecule has 118 valence electrons. The average molecular weight is 309 g/mol. The molecule has 0 bridgehead atoms. The minimum atomic E-state index is 0.828. The van der Waals surface area contributed by atoms with Crippen LogP contribution in [0.1, 0.15) is 11.4 Å². The molecule has 0 unspecified atom stereocenters. The van der Waals surface area contributed by atoms with Gasteiger partial charge in [-0.3, -0.25) is 0 Å². The summed E-state index contributed by atoms with van der Waals surface area (Å²) in [6, 6.07) is 2.00. The van der Waals surface area contributed by atoms with Crippen molar-refractivity contribution in [1.29, 1.82) is 0 Å². The second kappa shape index (κ2) is 5.49. The summed E-state index contributed by atoms with van der Waals surface area (Å²) in [5.74, 6) is 1.77. The Morgan fingerprint density at radius 2 is 1.43 bits per heavy atom. The summed E-state index contributed by atoms with van der Waals surface area (Å²) < 4.78 is 2.00. The molecule has 1 aliphatic rings. The molecule has 0 radical (unpaired) electrons. The molecule has 4 rings (SSSR count).